The maximum absolute atomic E-state index is 11.2. The Balaban J connectivity index is 2.20. The number of methoxy groups -OCH3 is 1. The van der Waals surface area contributed by atoms with Gasteiger partial charge in [-0.25, -0.2) is 9.78 Å². The number of hydrogen-bond acceptors (Lipinski definition) is 5. The van der Waals surface area contributed by atoms with E-state index < -0.39 is 5.97 Å². The second kappa shape index (κ2) is 5.28. The van der Waals surface area contributed by atoms with Crippen LogP contribution in [0.1, 0.15) is 10.4 Å². The third kappa shape index (κ3) is 2.18. The molecule has 1 N–H and O–H groups in total. The van der Waals surface area contributed by atoms with Crippen LogP contribution < -0.4 is 4.74 Å². The van der Waals surface area contributed by atoms with Crippen LogP contribution in [0.4, 0.5) is 5.82 Å². The molecule has 0 aliphatic rings. The summed E-state index contributed by atoms with van der Waals surface area (Å²) in [4.78, 5) is 26.6. The SMILES string of the molecule is COc1ccc(-c2nc3ccc(C(=O)O)cn3c2N=O)cc1. The standard InChI is InChI=1S/C15H11N3O4/c1-22-11-5-2-9(3-6-11)13-14(17-21)18-8-10(15(19)20)4-7-12(18)16-13/h2-8H,1H3,(H,19,20). The van der Waals surface area contributed by atoms with E-state index in [1.807, 2.05) is 0 Å². The summed E-state index contributed by atoms with van der Waals surface area (Å²) >= 11 is 0. The Bertz CT molecular complexity index is 868. The first-order chi connectivity index (χ1) is 10.6. The molecule has 2 heterocycles. The molecule has 0 radical (unpaired) electrons. The van der Waals surface area contributed by atoms with Crippen molar-refractivity contribution in [2.75, 3.05) is 7.11 Å². The molecule has 22 heavy (non-hydrogen) atoms. The van der Waals surface area contributed by atoms with E-state index in [2.05, 4.69) is 10.2 Å². The lowest BCUT2D eigenvalue weighted by Gasteiger charge is -2.01. The molecule has 0 saturated carbocycles. The zero-order chi connectivity index (χ0) is 15.7. The summed E-state index contributed by atoms with van der Waals surface area (Å²) in [5.74, 6) is -0.344. The third-order valence-electron chi connectivity index (χ3n) is 3.29. The molecule has 0 saturated heterocycles. The fraction of sp³-hybridized carbons (Fsp3) is 0.0667. The van der Waals surface area contributed by atoms with Crippen molar-refractivity contribution in [3.63, 3.8) is 0 Å². The minimum Gasteiger partial charge on any atom is -0.497 e. The van der Waals surface area contributed by atoms with Gasteiger partial charge in [0.1, 0.15) is 17.1 Å². The molecular weight excluding hydrogens is 286 g/mol. The van der Waals surface area contributed by atoms with E-state index >= 15 is 0 Å². The molecule has 0 spiro atoms. The summed E-state index contributed by atoms with van der Waals surface area (Å²) in [7, 11) is 1.56. The van der Waals surface area contributed by atoms with Crippen molar-refractivity contribution in [3.05, 3.63) is 53.1 Å². The van der Waals surface area contributed by atoms with Crippen LogP contribution in [-0.2, 0) is 0 Å². The van der Waals surface area contributed by atoms with E-state index in [1.54, 1.807) is 31.4 Å². The smallest absolute Gasteiger partial charge is 0.337 e. The zero-order valence-electron chi connectivity index (χ0n) is 11.6. The van der Waals surface area contributed by atoms with E-state index in [-0.39, 0.29) is 11.4 Å². The molecule has 0 atom stereocenters. The molecule has 110 valence electrons. The normalized spacial score (nSPS) is 10.6. The van der Waals surface area contributed by atoms with Crippen LogP contribution in [0.2, 0.25) is 0 Å². The number of carbonyl (C=O) groups is 1. The molecule has 3 rings (SSSR count). The Morgan fingerprint density at radius 2 is 1.95 bits per heavy atom. The second-order valence-corrected chi connectivity index (χ2v) is 4.55. The van der Waals surface area contributed by atoms with Crippen LogP contribution in [0.15, 0.2) is 47.8 Å². The van der Waals surface area contributed by atoms with Gasteiger partial charge in [-0.1, -0.05) is 0 Å². The largest absolute Gasteiger partial charge is 0.497 e. The minimum absolute atomic E-state index is 0.0519. The zero-order valence-corrected chi connectivity index (χ0v) is 11.6. The Labute approximate surface area is 124 Å². The number of nitrogens with zero attached hydrogens (tertiary/aromatic N) is 3. The summed E-state index contributed by atoms with van der Waals surface area (Å²) < 4.78 is 6.46. The van der Waals surface area contributed by atoms with E-state index in [4.69, 9.17) is 9.84 Å². The highest BCUT2D eigenvalue weighted by atomic mass is 16.5. The molecule has 7 nitrogen and oxygen atoms in total. The average Bonchev–Trinajstić information content (AvgIpc) is 2.92. The maximum Gasteiger partial charge on any atom is 0.337 e. The summed E-state index contributed by atoms with van der Waals surface area (Å²) in [6.45, 7) is 0. The number of carboxylic acid groups (broad SMARTS) is 1. The van der Waals surface area contributed by atoms with Crippen molar-refractivity contribution >= 4 is 17.4 Å². The number of ether oxygens (including phenoxy) is 1. The number of hydrogen-bond donors (Lipinski definition) is 1. The van der Waals surface area contributed by atoms with E-state index in [0.29, 0.717) is 22.7 Å². The lowest BCUT2D eigenvalue weighted by Crippen LogP contribution is -1.98. The fourth-order valence-electron chi connectivity index (χ4n) is 2.19. The number of carboxylic acids is 1. The Kier molecular flexibility index (Phi) is 3.30. The predicted octanol–water partition coefficient (Wildman–Crippen LogP) is 3.11. The summed E-state index contributed by atoms with van der Waals surface area (Å²) in [5, 5.41) is 12.0. The molecule has 0 amide bonds. The number of fused-ring (bicyclic) bond motifs is 1. The van der Waals surface area contributed by atoms with Gasteiger partial charge in [0.05, 0.1) is 12.7 Å². The van der Waals surface area contributed by atoms with Gasteiger partial charge in [0.25, 0.3) is 0 Å². The molecule has 7 heteroatoms. The highest BCUT2D eigenvalue weighted by molar-refractivity contribution is 5.88. The van der Waals surface area contributed by atoms with Crippen LogP contribution in [0, 0.1) is 4.91 Å². The number of aromatic nitrogens is 2. The number of imidazole rings is 1. The first-order valence-corrected chi connectivity index (χ1v) is 6.37. The molecule has 0 unspecified atom stereocenters. The van der Waals surface area contributed by atoms with Gasteiger partial charge in [-0.05, 0) is 41.6 Å². The number of aromatic carboxylic acids is 1. The number of benzene rings is 1. The Morgan fingerprint density at radius 3 is 2.55 bits per heavy atom. The average molecular weight is 297 g/mol. The molecule has 1 aromatic carbocycles. The second-order valence-electron chi connectivity index (χ2n) is 4.55. The van der Waals surface area contributed by atoms with E-state index in [1.165, 1.54) is 22.7 Å². The topological polar surface area (TPSA) is 93.3 Å². The van der Waals surface area contributed by atoms with Crippen LogP contribution in [0.5, 0.6) is 5.75 Å². The number of pyridine rings is 1. The lowest BCUT2D eigenvalue weighted by atomic mass is 10.1. The molecule has 0 aliphatic heterocycles. The van der Waals surface area contributed by atoms with Crippen molar-refractivity contribution in [3.8, 4) is 17.0 Å². The first kappa shape index (κ1) is 13.7. The predicted molar refractivity (Wildman–Crippen MR) is 79.6 cm³/mol. The molecule has 0 fully saturated rings. The molecule has 0 aliphatic carbocycles. The van der Waals surface area contributed by atoms with Crippen molar-refractivity contribution in [1.82, 2.24) is 9.38 Å². The quantitative estimate of drug-likeness (QED) is 0.747. The van der Waals surface area contributed by atoms with Gasteiger partial charge >= 0.3 is 5.97 Å². The highest BCUT2D eigenvalue weighted by Crippen LogP contribution is 2.32. The van der Waals surface area contributed by atoms with Gasteiger partial charge in [0.15, 0.2) is 0 Å². The highest BCUT2D eigenvalue weighted by Gasteiger charge is 2.16. The van der Waals surface area contributed by atoms with Gasteiger partial charge in [-0.2, -0.15) is 0 Å². The monoisotopic (exact) mass is 297 g/mol. The summed E-state index contributed by atoms with van der Waals surface area (Å²) in [6.07, 6.45) is 1.33. The third-order valence-corrected chi connectivity index (χ3v) is 3.29. The van der Waals surface area contributed by atoms with Gasteiger partial charge in [0.2, 0.25) is 5.82 Å². The van der Waals surface area contributed by atoms with Gasteiger partial charge in [0, 0.05) is 11.8 Å². The van der Waals surface area contributed by atoms with Gasteiger partial charge < -0.3 is 9.84 Å². The maximum atomic E-state index is 11.2. The van der Waals surface area contributed by atoms with E-state index in [0.717, 1.165) is 0 Å². The Morgan fingerprint density at radius 1 is 1.23 bits per heavy atom. The van der Waals surface area contributed by atoms with Crippen LogP contribution >= 0.6 is 0 Å². The van der Waals surface area contributed by atoms with Crippen molar-refractivity contribution in [2.24, 2.45) is 5.18 Å². The molecule has 3 aromatic rings. The molecule has 2 aromatic heterocycles. The van der Waals surface area contributed by atoms with Crippen molar-refractivity contribution < 1.29 is 14.6 Å². The fourth-order valence-corrected chi connectivity index (χ4v) is 2.19. The molecular formula is C15H11N3O4. The number of rotatable bonds is 4. The Hall–Kier alpha value is -3.22. The van der Waals surface area contributed by atoms with Crippen LogP contribution in [0.3, 0.4) is 0 Å². The van der Waals surface area contributed by atoms with Gasteiger partial charge in [-0.15, -0.1) is 4.91 Å². The lowest BCUT2D eigenvalue weighted by molar-refractivity contribution is 0.0696. The minimum atomic E-state index is -1.08. The van der Waals surface area contributed by atoms with Crippen molar-refractivity contribution in [1.29, 1.82) is 0 Å². The first-order valence-electron chi connectivity index (χ1n) is 6.37. The number of nitroso groups, excluding NO2 is 1. The van der Waals surface area contributed by atoms with Crippen LogP contribution in [0.25, 0.3) is 16.9 Å². The van der Waals surface area contributed by atoms with Gasteiger partial charge in [-0.3, -0.25) is 4.40 Å². The molecule has 0 bridgehead atoms. The summed E-state index contributed by atoms with van der Waals surface area (Å²) in [6, 6.07) is 9.97. The van der Waals surface area contributed by atoms with Crippen molar-refractivity contribution in [2.45, 2.75) is 0 Å². The van der Waals surface area contributed by atoms with E-state index in [9.17, 15) is 9.70 Å². The van der Waals surface area contributed by atoms with Crippen LogP contribution in [-0.4, -0.2) is 27.6 Å². The summed E-state index contributed by atoms with van der Waals surface area (Å²) in [5.41, 5.74) is 1.58.